The van der Waals surface area contributed by atoms with E-state index in [0.29, 0.717) is 39.3 Å². The van der Waals surface area contributed by atoms with Gasteiger partial charge in [0.1, 0.15) is 4.70 Å². The van der Waals surface area contributed by atoms with E-state index in [1.807, 2.05) is 39.8 Å². The maximum Gasteiger partial charge on any atom is 0.273 e. The number of carbonyl (C=O) groups is 2. The molecule has 2 aromatic heterocycles. The third-order valence-electron chi connectivity index (χ3n) is 5.41. The second kappa shape index (κ2) is 9.02. The Morgan fingerprint density at radius 1 is 1.24 bits per heavy atom. The predicted octanol–water partition coefficient (Wildman–Crippen LogP) is 3.21. The summed E-state index contributed by atoms with van der Waals surface area (Å²) in [6.45, 7) is 6.96. The first-order valence-corrected chi connectivity index (χ1v) is 11.8. The number of likely N-dealkylation sites (N-methyl/N-ethyl adjacent to an activating group) is 1. The van der Waals surface area contributed by atoms with Gasteiger partial charge < -0.3 is 15.0 Å². The number of anilines is 1. The average molecular weight is 491 g/mol. The van der Waals surface area contributed by atoms with E-state index in [4.69, 9.17) is 16.3 Å². The number of halogens is 1. The molecule has 2 amide bonds. The number of nitrogens with zero attached hydrogens (tertiary/aromatic N) is 4. The van der Waals surface area contributed by atoms with Crippen LogP contribution in [0, 0.1) is 0 Å². The summed E-state index contributed by atoms with van der Waals surface area (Å²) >= 11 is 7.22. The summed E-state index contributed by atoms with van der Waals surface area (Å²) in [6.07, 6.45) is 0. The van der Waals surface area contributed by atoms with Crippen LogP contribution in [-0.4, -0.2) is 70.9 Å². The number of aromatic nitrogens is 3. The van der Waals surface area contributed by atoms with Crippen molar-refractivity contribution in [1.82, 2.24) is 25.0 Å². The van der Waals surface area contributed by atoms with E-state index in [1.165, 1.54) is 11.3 Å². The molecule has 1 aromatic carbocycles. The summed E-state index contributed by atoms with van der Waals surface area (Å²) < 4.78 is 7.90. The van der Waals surface area contributed by atoms with Gasteiger partial charge in [0.25, 0.3) is 11.8 Å². The standard InChI is InChI=1S/C22H27ClN6O3S/c1-22(2,3)29-18-17(16(27-29)20(31)24-14-10-32-11-15(14)28(4)5)33-21(25-18)26-19(30)12-7-6-8-13(23)9-12/h6-9,14-15H,10-11H2,1-5H3,(H,24,31)(H,25,26,30)/t14-,15-/m1/s1. The number of ether oxygens (including phenoxy) is 1. The van der Waals surface area contributed by atoms with Crippen molar-refractivity contribution in [3.8, 4) is 0 Å². The molecule has 0 bridgehead atoms. The van der Waals surface area contributed by atoms with E-state index in [1.54, 1.807) is 28.9 Å². The van der Waals surface area contributed by atoms with Crippen molar-refractivity contribution < 1.29 is 14.3 Å². The van der Waals surface area contributed by atoms with Crippen molar-refractivity contribution in [2.45, 2.75) is 38.4 Å². The molecule has 4 rings (SSSR count). The molecule has 33 heavy (non-hydrogen) atoms. The monoisotopic (exact) mass is 490 g/mol. The first kappa shape index (κ1) is 23.6. The van der Waals surface area contributed by atoms with Gasteiger partial charge in [0, 0.05) is 10.6 Å². The highest BCUT2D eigenvalue weighted by Gasteiger charge is 2.34. The highest BCUT2D eigenvalue weighted by Crippen LogP contribution is 2.32. The van der Waals surface area contributed by atoms with Gasteiger partial charge in [-0.3, -0.25) is 14.9 Å². The molecule has 1 saturated heterocycles. The van der Waals surface area contributed by atoms with Crippen LogP contribution < -0.4 is 10.6 Å². The molecule has 1 aliphatic heterocycles. The summed E-state index contributed by atoms with van der Waals surface area (Å²) in [6, 6.07) is 6.62. The quantitative estimate of drug-likeness (QED) is 0.569. The van der Waals surface area contributed by atoms with Crippen molar-refractivity contribution in [2.24, 2.45) is 0 Å². The number of hydrogen-bond donors (Lipinski definition) is 2. The number of carbonyl (C=O) groups excluding carboxylic acids is 2. The molecule has 176 valence electrons. The van der Waals surface area contributed by atoms with Crippen molar-refractivity contribution in [2.75, 3.05) is 32.6 Å². The number of fused-ring (bicyclic) bond motifs is 1. The number of nitrogens with one attached hydrogen (secondary N) is 2. The zero-order valence-corrected chi connectivity index (χ0v) is 20.8. The predicted molar refractivity (Wildman–Crippen MR) is 129 cm³/mol. The Kier molecular flexibility index (Phi) is 6.45. The molecule has 0 unspecified atom stereocenters. The Bertz CT molecular complexity index is 1200. The van der Waals surface area contributed by atoms with Crippen molar-refractivity contribution in [1.29, 1.82) is 0 Å². The van der Waals surface area contributed by atoms with Crippen molar-refractivity contribution >= 4 is 50.2 Å². The molecule has 3 heterocycles. The zero-order chi connectivity index (χ0) is 23.9. The molecular formula is C22H27ClN6O3S. The van der Waals surface area contributed by atoms with E-state index < -0.39 is 5.54 Å². The Hall–Kier alpha value is -2.53. The van der Waals surface area contributed by atoms with Crippen LogP contribution >= 0.6 is 22.9 Å². The van der Waals surface area contributed by atoms with Gasteiger partial charge in [-0.2, -0.15) is 10.1 Å². The Balaban J connectivity index is 1.65. The third kappa shape index (κ3) is 4.89. The highest BCUT2D eigenvalue weighted by molar-refractivity contribution is 7.22. The molecule has 2 N–H and O–H groups in total. The summed E-state index contributed by atoms with van der Waals surface area (Å²) in [4.78, 5) is 32.5. The summed E-state index contributed by atoms with van der Waals surface area (Å²) in [5, 5.41) is 11.3. The number of benzene rings is 1. The van der Waals surface area contributed by atoms with Crippen LogP contribution in [0.15, 0.2) is 24.3 Å². The van der Waals surface area contributed by atoms with E-state index >= 15 is 0 Å². The summed E-state index contributed by atoms with van der Waals surface area (Å²) in [5.41, 5.74) is 0.839. The van der Waals surface area contributed by atoms with Crippen molar-refractivity contribution in [3.05, 3.63) is 40.5 Å². The van der Waals surface area contributed by atoms with Crippen LogP contribution in [0.2, 0.25) is 5.02 Å². The van der Waals surface area contributed by atoms with Crippen LogP contribution in [0.1, 0.15) is 41.6 Å². The minimum absolute atomic E-state index is 0.0862. The maximum atomic E-state index is 13.2. The molecule has 0 aliphatic carbocycles. The number of rotatable bonds is 5. The lowest BCUT2D eigenvalue weighted by Gasteiger charge is -2.24. The largest absolute Gasteiger partial charge is 0.378 e. The lowest BCUT2D eigenvalue weighted by molar-refractivity contribution is 0.0915. The molecular weight excluding hydrogens is 464 g/mol. The third-order valence-corrected chi connectivity index (χ3v) is 6.61. The number of thiazole rings is 1. The number of hydrogen-bond acceptors (Lipinski definition) is 7. The zero-order valence-electron chi connectivity index (χ0n) is 19.2. The van der Waals surface area contributed by atoms with Gasteiger partial charge in [-0.05, 0) is 53.1 Å². The van der Waals surface area contributed by atoms with Crippen molar-refractivity contribution in [3.63, 3.8) is 0 Å². The van der Waals surface area contributed by atoms with Gasteiger partial charge in [-0.15, -0.1) is 0 Å². The molecule has 11 heteroatoms. The second-order valence-corrected chi connectivity index (χ2v) is 10.7. The van der Waals surface area contributed by atoms with Crippen LogP contribution in [0.3, 0.4) is 0 Å². The summed E-state index contributed by atoms with van der Waals surface area (Å²) in [7, 11) is 3.92. The van der Waals surface area contributed by atoms with Gasteiger partial charge in [0.15, 0.2) is 16.5 Å². The van der Waals surface area contributed by atoms with Crippen LogP contribution in [-0.2, 0) is 10.3 Å². The first-order valence-electron chi connectivity index (χ1n) is 10.6. The Morgan fingerprint density at radius 3 is 2.67 bits per heavy atom. The molecule has 1 aliphatic rings. The molecule has 3 aromatic rings. The lowest BCUT2D eigenvalue weighted by Crippen LogP contribution is -2.48. The minimum atomic E-state index is -0.415. The summed E-state index contributed by atoms with van der Waals surface area (Å²) in [5.74, 6) is -0.617. The Morgan fingerprint density at radius 2 is 2.00 bits per heavy atom. The van der Waals surface area contributed by atoms with Gasteiger partial charge in [0.05, 0.1) is 30.8 Å². The second-order valence-electron chi connectivity index (χ2n) is 9.22. The molecule has 9 nitrogen and oxygen atoms in total. The fourth-order valence-corrected chi connectivity index (χ4v) is 4.81. The fourth-order valence-electron chi connectivity index (χ4n) is 3.70. The normalized spacial score (nSPS) is 18.8. The van der Waals surface area contributed by atoms with Crippen LogP contribution in [0.4, 0.5) is 5.13 Å². The molecule has 1 fully saturated rings. The smallest absolute Gasteiger partial charge is 0.273 e. The fraction of sp³-hybridized carbons (Fsp3) is 0.455. The minimum Gasteiger partial charge on any atom is -0.378 e. The van der Waals surface area contributed by atoms with Crippen LogP contribution in [0.25, 0.3) is 10.3 Å². The SMILES string of the molecule is CN(C)[C@@H]1COC[C@H]1NC(=O)c1nn(C(C)(C)C)c2nc(NC(=O)c3cccc(Cl)c3)sc12. The first-order chi connectivity index (χ1) is 15.5. The van der Waals surface area contributed by atoms with E-state index in [9.17, 15) is 9.59 Å². The van der Waals surface area contributed by atoms with Gasteiger partial charge in [0.2, 0.25) is 0 Å². The molecule has 2 atom stereocenters. The van der Waals surface area contributed by atoms with Gasteiger partial charge in [-0.25, -0.2) is 4.68 Å². The highest BCUT2D eigenvalue weighted by atomic mass is 35.5. The maximum absolute atomic E-state index is 13.2. The van der Waals surface area contributed by atoms with Crippen LogP contribution in [0.5, 0.6) is 0 Å². The topological polar surface area (TPSA) is 101 Å². The van der Waals surface area contributed by atoms with E-state index in [-0.39, 0.29) is 29.6 Å². The molecule has 0 saturated carbocycles. The van der Waals surface area contributed by atoms with E-state index in [2.05, 4.69) is 20.7 Å². The van der Waals surface area contributed by atoms with E-state index in [0.717, 1.165) is 0 Å². The van der Waals surface area contributed by atoms with Gasteiger partial charge >= 0.3 is 0 Å². The average Bonchev–Trinajstić information content (AvgIpc) is 3.42. The lowest BCUT2D eigenvalue weighted by atomic mass is 10.1. The van der Waals surface area contributed by atoms with Gasteiger partial charge in [-0.1, -0.05) is 29.0 Å². The Labute approximate surface area is 201 Å². The number of amides is 2. The molecule has 0 radical (unpaired) electrons. The molecule has 0 spiro atoms.